The number of hydrogen-bond acceptors (Lipinski definition) is 2. The zero-order chi connectivity index (χ0) is 11.8. The van der Waals surface area contributed by atoms with Crippen molar-refractivity contribution in [1.82, 2.24) is 5.32 Å². The van der Waals surface area contributed by atoms with Gasteiger partial charge in [-0.25, -0.2) is 0 Å². The largest absolute Gasteiger partial charge is 0.314 e. The van der Waals surface area contributed by atoms with Crippen molar-refractivity contribution in [2.45, 2.75) is 71.3 Å². The minimum Gasteiger partial charge on any atom is -0.314 e. The molecule has 1 saturated heterocycles. The maximum Gasteiger partial charge on any atom is 0.137 e. The minimum absolute atomic E-state index is 0.302. The molecule has 16 heavy (non-hydrogen) atoms. The van der Waals surface area contributed by atoms with Gasteiger partial charge in [-0.15, -0.1) is 0 Å². The maximum atomic E-state index is 11.9. The third kappa shape index (κ3) is 4.65. The lowest BCUT2D eigenvalue weighted by atomic mass is 9.93. The van der Waals surface area contributed by atoms with Crippen LogP contribution in [0.5, 0.6) is 0 Å². The van der Waals surface area contributed by atoms with Crippen molar-refractivity contribution >= 4 is 5.78 Å². The number of carbonyl (C=O) groups is 1. The molecule has 1 aliphatic heterocycles. The average molecular weight is 225 g/mol. The monoisotopic (exact) mass is 225 g/mol. The number of nitrogens with one attached hydrogen (secondary N) is 1. The van der Waals surface area contributed by atoms with E-state index in [4.69, 9.17) is 0 Å². The van der Waals surface area contributed by atoms with Gasteiger partial charge < -0.3 is 5.32 Å². The number of rotatable bonds is 8. The first-order valence-electron chi connectivity index (χ1n) is 7.01. The van der Waals surface area contributed by atoms with Gasteiger partial charge in [0, 0.05) is 18.4 Å². The van der Waals surface area contributed by atoms with E-state index in [0.717, 1.165) is 25.8 Å². The Balaban J connectivity index is 2.02. The van der Waals surface area contributed by atoms with Gasteiger partial charge in [0.2, 0.25) is 0 Å². The minimum atomic E-state index is 0.302. The van der Waals surface area contributed by atoms with Crippen LogP contribution in [0.25, 0.3) is 0 Å². The van der Waals surface area contributed by atoms with E-state index >= 15 is 0 Å². The van der Waals surface area contributed by atoms with Gasteiger partial charge >= 0.3 is 0 Å². The molecule has 2 unspecified atom stereocenters. The lowest BCUT2D eigenvalue weighted by Gasteiger charge is -2.13. The zero-order valence-electron chi connectivity index (χ0n) is 10.9. The summed E-state index contributed by atoms with van der Waals surface area (Å²) in [6.45, 7) is 5.39. The normalized spacial score (nSPS) is 24.9. The van der Waals surface area contributed by atoms with Crippen LogP contribution >= 0.6 is 0 Å². The van der Waals surface area contributed by atoms with Crippen molar-refractivity contribution in [3.63, 3.8) is 0 Å². The van der Waals surface area contributed by atoms with Crippen molar-refractivity contribution in [3.05, 3.63) is 0 Å². The number of ketones is 1. The molecule has 0 saturated carbocycles. The van der Waals surface area contributed by atoms with Gasteiger partial charge in [-0.1, -0.05) is 39.0 Å². The molecule has 0 aromatic rings. The Morgan fingerprint density at radius 3 is 2.50 bits per heavy atom. The molecular weight excluding hydrogens is 198 g/mol. The van der Waals surface area contributed by atoms with E-state index in [9.17, 15) is 4.79 Å². The first kappa shape index (κ1) is 13.7. The van der Waals surface area contributed by atoms with E-state index in [-0.39, 0.29) is 0 Å². The van der Waals surface area contributed by atoms with E-state index in [0.29, 0.717) is 17.7 Å². The van der Waals surface area contributed by atoms with Gasteiger partial charge in [0.1, 0.15) is 5.78 Å². The molecule has 2 atom stereocenters. The molecule has 1 N–H and O–H groups in total. The Hall–Kier alpha value is -0.370. The molecule has 1 heterocycles. The van der Waals surface area contributed by atoms with Crippen LogP contribution < -0.4 is 5.32 Å². The Labute approximate surface area is 100 Å². The highest BCUT2D eigenvalue weighted by atomic mass is 16.1. The van der Waals surface area contributed by atoms with Gasteiger partial charge in [-0.3, -0.25) is 4.79 Å². The maximum absolute atomic E-state index is 11.9. The molecule has 0 aromatic heterocycles. The molecule has 0 amide bonds. The highest BCUT2D eigenvalue weighted by Gasteiger charge is 2.28. The molecule has 2 heteroatoms. The number of unbranched alkanes of at least 4 members (excludes halogenated alkanes) is 5. The van der Waals surface area contributed by atoms with E-state index in [1.54, 1.807) is 0 Å². The molecule has 1 rings (SSSR count). The van der Waals surface area contributed by atoms with Crippen molar-refractivity contribution in [2.24, 2.45) is 5.92 Å². The number of Topliss-reactive ketones (excluding diaryl/α,β-unsaturated/α-hetero) is 1. The second kappa shape index (κ2) is 7.83. The summed E-state index contributed by atoms with van der Waals surface area (Å²) < 4.78 is 0. The van der Waals surface area contributed by atoms with Gasteiger partial charge in [0.25, 0.3) is 0 Å². The van der Waals surface area contributed by atoms with Crippen LogP contribution in [0.15, 0.2) is 0 Å². The van der Waals surface area contributed by atoms with Crippen LogP contribution in [-0.2, 0) is 4.79 Å². The Morgan fingerprint density at radius 1 is 1.19 bits per heavy atom. The first-order chi connectivity index (χ1) is 7.75. The predicted molar refractivity (Wildman–Crippen MR) is 68.6 cm³/mol. The van der Waals surface area contributed by atoms with E-state index in [1.165, 1.54) is 32.1 Å². The molecule has 0 spiro atoms. The van der Waals surface area contributed by atoms with Crippen LogP contribution in [0.2, 0.25) is 0 Å². The molecule has 0 radical (unpaired) electrons. The van der Waals surface area contributed by atoms with Crippen molar-refractivity contribution < 1.29 is 4.79 Å². The highest BCUT2D eigenvalue weighted by Crippen LogP contribution is 2.19. The molecule has 0 aliphatic carbocycles. The molecule has 0 aromatic carbocycles. The first-order valence-corrected chi connectivity index (χ1v) is 7.01. The summed E-state index contributed by atoms with van der Waals surface area (Å²) in [6, 6.07) is 0.410. The zero-order valence-corrected chi connectivity index (χ0v) is 10.9. The van der Waals surface area contributed by atoms with Crippen LogP contribution in [0.3, 0.4) is 0 Å². The molecular formula is C14H27NO. The Bertz CT molecular complexity index is 203. The van der Waals surface area contributed by atoms with E-state index in [2.05, 4.69) is 19.2 Å². The summed E-state index contributed by atoms with van der Waals surface area (Å²) in [5, 5.41) is 3.35. The molecule has 1 aliphatic rings. The average Bonchev–Trinajstić information content (AvgIpc) is 2.69. The van der Waals surface area contributed by atoms with Crippen LogP contribution in [0.4, 0.5) is 0 Å². The summed E-state index contributed by atoms with van der Waals surface area (Å²) in [7, 11) is 0. The summed E-state index contributed by atoms with van der Waals surface area (Å²) >= 11 is 0. The summed E-state index contributed by atoms with van der Waals surface area (Å²) in [5.74, 6) is 0.795. The summed E-state index contributed by atoms with van der Waals surface area (Å²) in [5.41, 5.74) is 0. The number of hydrogen-bond donors (Lipinski definition) is 1. The van der Waals surface area contributed by atoms with Crippen LogP contribution in [-0.4, -0.2) is 18.4 Å². The third-order valence-corrected chi connectivity index (χ3v) is 3.72. The molecule has 94 valence electrons. The standard InChI is InChI=1S/C14H27NO/c1-3-4-5-6-7-8-9-14(16)13-10-11-15-12(13)2/h12-13,15H,3-11H2,1-2H3. The Morgan fingerprint density at radius 2 is 1.88 bits per heavy atom. The van der Waals surface area contributed by atoms with E-state index in [1.807, 2.05) is 0 Å². The van der Waals surface area contributed by atoms with Crippen LogP contribution in [0, 0.1) is 5.92 Å². The highest BCUT2D eigenvalue weighted by molar-refractivity contribution is 5.81. The summed E-state index contributed by atoms with van der Waals surface area (Å²) in [6.07, 6.45) is 9.48. The van der Waals surface area contributed by atoms with Gasteiger partial charge in [0.15, 0.2) is 0 Å². The molecule has 2 nitrogen and oxygen atoms in total. The predicted octanol–water partition coefficient (Wildman–Crippen LogP) is 3.30. The van der Waals surface area contributed by atoms with Crippen molar-refractivity contribution in [2.75, 3.05) is 6.54 Å². The second-order valence-corrected chi connectivity index (χ2v) is 5.12. The Kier molecular flexibility index (Phi) is 6.70. The fourth-order valence-corrected chi connectivity index (χ4v) is 2.56. The van der Waals surface area contributed by atoms with Gasteiger partial charge in [-0.05, 0) is 26.3 Å². The summed E-state index contributed by atoms with van der Waals surface area (Å²) in [4.78, 5) is 11.9. The van der Waals surface area contributed by atoms with Gasteiger partial charge in [0.05, 0.1) is 0 Å². The topological polar surface area (TPSA) is 29.1 Å². The second-order valence-electron chi connectivity index (χ2n) is 5.12. The number of carbonyl (C=O) groups excluding carboxylic acids is 1. The quantitative estimate of drug-likeness (QED) is 0.642. The van der Waals surface area contributed by atoms with Crippen molar-refractivity contribution in [3.8, 4) is 0 Å². The fourth-order valence-electron chi connectivity index (χ4n) is 2.56. The third-order valence-electron chi connectivity index (χ3n) is 3.72. The van der Waals surface area contributed by atoms with Gasteiger partial charge in [-0.2, -0.15) is 0 Å². The lowest BCUT2D eigenvalue weighted by Crippen LogP contribution is -2.28. The lowest BCUT2D eigenvalue weighted by molar-refractivity contribution is -0.123. The fraction of sp³-hybridized carbons (Fsp3) is 0.929. The molecule has 0 bridgehead atoms. The SMILES string of the molecule is CCCCCCCCC(=O)C1CCNC1C. The van der Waals surface area contributed by atoms with E-state index < -0.39 is 0 Å². The molecule has 1 fully saturated rings. The smallest absolute Gasteiger partial charge is 0.137 e. The van der Waals surface area contributed by atoms with Crippen molar-refractivity contribution in [1.29, 1.82) is 0 Å². The van der Waals surface area contributed by atoms with Crippen LogP contribution in [0.1, 0.15) is 65.2 Å².